The van der Waals surface area contributed by atoms with E-state index in [1.165, 1.54) is 0 Å². The van der Waals surface area contributed by atoms with Gasteiger partial charge in [0.15, 0.2) is 0 Å². The number of rotatable bonds is 5. The van der Waals surface area contributed by atoms with Crippen molar-refractivity contribution >= 4 is 12.2 Å². The van der Waals surface area contributed by atoms with Gasteiger partial charge in [-0.3, -0.25) is 4.99 Å². The summed E-state index contributed by atoms with van der Waals surface area (Å²) in [6, 6.07) is 9.61. The van der Waals surface area contributed by atoms with Crippen LogP contribution < -0.4 is 0 Å². The van der Waals surface area contributed by atoms with Gasteiger partial charge in [-0.1, -0.05) is 42.5 Å². The summed E-state index contributed by atoms with van der Waals surface area (Å²) >= 11 is 0. The minimum atomic E-state index is -0.334. The van der Waals surface area contributed by atoms with Crippen LogP contribution in [0.1, 0.15) is 19.4 Å². The first-order chi connectivity index (χ1) is 9.19. The van der Waals surface area contributed by atoms with Gasteiger partial charge in [-0.2, -0.15) is 0 Å². The number of hydrogen-bond donors (Lipinski definition) is 0. The fourth-order valence-corrected chi connectivity index (χ4v) is 1.59. The maximum atomic E-state index is 12.0. The van der Waals surface area contributed by atoms with Crippen molar-refractivity contribution in [2.75, 3.05) is 7.05 Å². The maximum absolute atomic E-state index is 12.0. The number of aliphatic imine (C=N–C) groups is 1. The van der Waals surface area contributed by atoms with Crippen LogP contribution in [0.15, 0.2) is 58.6 Å². The standard InChI is InChI=1S/C16H19NO2/c1-4-8-15(13(2)11-17-3)16(18)19-12-14-9-6-5-7-10-14/h4-11H,12H2,1-3H3/b8-4-,15-13+,17-11-. The molecule has 1 aromatic rings. The summed E-state index contributed by atoms with van der Waals surface area (Å²) in [6.07, 6.45) is 5.20. The van der Waals surface area contributed by atoms with Crippen LogP contribution in [0.3, 0.4) is 0 Å². The Morgan fingerprint density at radius 2 is 2.00 bits per heavy atom. The SMILES string of the molecule is C\C=C/C(C(=O)OCc1ccccc1)=C(C)\C=N/C. The first kappa shape index (κ1) is 14.9. The topological polar surface area (TPSA) is 38.7 Å². The Bertz CT molecular complexity index is 499. The molecular formula is C16H19NO2. The normalized spacial score (nSPS) is 12.8. The van der Waals surface area contributed by atoms with Gasteiger partial charge < -0.3 is 4.74 Å². The molecule has 19 heavy (non-hydrogen) atoms. The summed E-state index contributed by atoms with van der Waals surface area (Å²) in [5, 5.41) is 0. The molecule has 0 saturated carbocycles. The second-order valence-corrected chi connectivity index (χ2v) is 4.05. The van der Waals surface area contributed by atoms with E-state index in [2.05, 4.69) is 4.99 Å². The summed E-state index contributed by atoms with van der Waals surface area (Å²) in [5.74, 6) is -0.334. The minimum Gasteiger partial charge on any atom is -0.457 e. The Balaban J connectivity index is 2.77. The summed E-state index contributed by atoms with van der Waals surface area (Å²) in [4.78, 5) is 15.9. The van der Waals surface area contributed by atoms with Crippen molar-refractivity contribution in [3.63, 3.8) is 0 Å². The number of carbonyl (C=O) groups is 1. The van der Waals surface area contributed by atoms with Crippen molar-refractivity contribution in [2.45, 2.75) is 20.5 Å². The van der Waals surface area contributed by atoms with E-state index in [4.69, 9.17) is 4.74 Å². The van der Waals surface area contributed by atoms with E-state index >= 15 is 0 Å². The molecule has 100 valence electrons. The number of benzene rings is 1. The molecule has 0 bridgehead atoms. The highest BCUT2D eigenvalue weighted by atomic mass is 16.5. The molecule has 0 aliphatic rings. The van der Waals surface area contributed by atoms with E-state index in [1.807, 2.05) is 50.3 Å². The lowest BCUT2D eigenvalue weighted by Gasteiger charge is -2.07. The van der Waals surface area contributed by atoms with Crippen LogP contribution in [0.4, 0.5) is 0 Å². The molecule has 0 unspecified atom stereocenters. The fraction of sp³-hybridized carbons (Fsp3) is 0.250. The number of esters is 1. The average molecular weight is 257 g/mol. The summed E-state index contributed by atoms with van der Waals surface area (Å²) in [6.45, 7) is 3.98. The van der Waals surface area contributed by atoms with E-state index in [0.29, 0.717) is 5.57 Å². The van der Waals surface area contributed by atoms with Crippen LogP contribution in [-0.2, 0) is 16.1 Å². The molecule has 0 saturated heterocycles. The van der Waals surface area contributed by atoms with Gasteiger partial charge in [0.25, 0.3) is 0 Å². The quantitative estimate of drug-likeness (QED) is 0.351. The van der Waals surface area contributed by atoms with E-state index in [0.717, 1.165) is 11.1 Å². The lowest BCUT2D eigenvalue weighted by atomic mass is 10.1. The zero-order valence-corrected chi connectivity index (χ0v) is 11.6. The summed E-state index contributed by atoms with van der Waals surface area (Å²) in [5.41, 5.74) is 2.29. The van der Waals surface area contributed by atoms with Gasteiger partial charge in [-0.25, -0.2) is 4.79 Å². The highest BCUT2D eigenvalue weighted by Crippen LogP contribution is 2.09. The Labute approximate surface area is 114 Å². The van der Waals surface area contributed by atoms with Gasteiger partial charge in [0.1, 0.15) is 6.61 Å². The van der Waals surface area contributed by atoms with Gasteiger partial charge >= 0.3 is 5.97 Å². The van der Waals surface area contributed by atoms with Gasteiger partial charge in [0, 0.05) is 13.3 Å². The lowest BCUT2D eigenvalue weighted by Crippen LogP contribution is -2.09. The molecule has 1 rings (SSSR count). The third-order valence-electron chi connectivity index (χ3n) is 2.51. The molecule has 0 aliphatic heterocycles. The molecule has 0 radical (unpaired) electrons. The lowest BCUT2D eigenvalue weighted by molar-refractivity contribution is -0.139. The molecule has 3 heteroatoms. The van der Waals surface area contributed by atoms with Crippen molar-refractivity contribution in [1.29, 1.82) is 0 Å². The molecule has 0 atom stereocenters. The monoisotopic (exact) mass is 257 g/mol. The first-order valence-corrected chi connectivity index (χ1v) is 6.15. The smallest absolute Gasteiger partial charge is 0.338 e. The Morgan fingerprint density at radius 1 is 1.32 bits per heavy atom. The number of carbonyl (C=O) groups excluding carboxylic acids is 1. The van der Waals surface area contributed by atoms with Crippen molar-refractivity contribution in [3.05, 3.63) is 59.2 Å². The second kappa shape index (κ2) is 8.03. The highest BCUT2D eigenvalue weighted by molar-refractivity contribution is 5.98. The van der Waals surface area contributed by atoms with E-state index in [9.17, 15) is 4.79 Å². The molecule has 0 N–H and O–H groups in total. The van der Waals surface area contributed by atoms with Crippen molar-refractivity contribution in [1.82, 2.24) is 0 Å². The Hall–Kier alpha value is -2.16. The van der Waals surface area contributed by atoms with Crippen molar-refractivity contribution < 1.29 is 9.53 Å². The number of hydrogen-bond acceptors (Lipinski definition) is 3. The molecule has 0 heterocycles. The zero-order valence-electron chi connectivity index (χ0n) is 11.6. The molecule has 0 aliphatic carbocycles. The van der Waals surface area contributed by atoms with Crippen molar-refractivity contribution in [3.8, 4) is 0 Å². The minimum absolute atomic E-state index is 0.275. The van der Waals surface area contributed by atoms with E-state index in [-0.39, 0.29) is 12.6 Å². The average Bonchev–Trinajstić information content (AvgIpc) is 2.43. The van der Waals surface area contributed by atoms with E-state index < -0.39 is 0 Å². The van der Waals surface area contributed by atoms with Gasteiger partial charge in [0.2, 0.25) is 0 Å². The molecular weight excluding hydrogens is 238 g/mol. The van der Waals surface area contributed by atoms with Crippen LogP contribution in [0.2, 0.25) is 0 Å². The van der Waals surface area contributed by atoms with Gasteiger partial charge in [-0.05, 0) is 25.0 Å². The van der Waals surface area contributed by atoms with Crippen LogP contribution in [0.5, 0.6) is 0 Å². The molecule has 0 amide bonds. The molecule has 0 spiro atoms. The largest absolute Gasteiger partial charge is 0.457 e. The van der Waals surface area contributed by atoms with Crippen LogP contribution >= 0.6 is 0 Å². The summed E-state index contributed by atoms with van der Waals surface area (Å²) < 4.78 is 5.30. The number of allylic oxidation sites excluding steroid dienone is 2. The van der Waals surface area contributed by atoms with Crippen LogP contribution in [0.25, 0.3) is 0 Å². The third-order valence-corrected chi connectivity index (χ3v) is 2.51. The molecule has 3 nitrogen and oxygen atoms in total. The summed E-state index contributed by atoms with van der Waals surface area (Å²) in [7, 11) is 1.67. The number of nitrogens with zero attached hydrogens (tertiary/aromatic N) is 1. The number of ether oxygens (including phenoxy) is 1. The second-order valence-electron chi connectivity index (χ2n) is 4.05. The van der Waals surface area contributed by atoms with Crippen LogP contribution in [0, 0.1) is 0 Å². The molecule has 1 aromatic carbocycles. The van der Waals surface area contributed by atoms with Gasteiger partial charge in [-0.15, -0.1) is 0 Å². The zero-order chi connectivity index (χ0) is 14.1. The fourth-order valence-electron chi connectivity index (χ4n) is 1.59. The molecule has 0 aromatic heterocycles. The first-order valence-electron chi connectivity index (χ1n) is 6.15. The van der Waals surface area contributed by atoms with E-state index in [1.54, 1.807) is 19.3 Å². The Morgan fingerprint density at radius 3 is 2.58 bits per heavy atom. The highest BCUT2D eigenvalue weighted by Gasteiger charge is 2.10. The predicted molar refractivity (Wildman–Crippen MR) is 78.2 cm³/mol. The maximum Gasteiger partial charge on any atom is 0.338 e. The third kappa shape index (κ3) is 4.92. The Kier molecular flexibility index (Phi) is 6.30. The van der Waals surface area contributed by atoms with Crippen LogP contribution in [-0.4, -0.2) is 19.2 Å². The van der Waals surface area contributed by atoms with Gasteiger partial charge in [0.05, 0.1) is 5.57 Å². The molecule has 0 fully saturated rings. The predicted octanol–water partition coefficient (Wildman–Crippen LogP) is 3.32. The van der Waals surface area contributed by atoms with Crippen molar-refractivity contribution in [2.24, 2.45) is 4.99 Å².